The predicted octanol–water partition coefficient (Wildman–Crippen LogP) is 5.48. The number of thiophene rings is 1. The van der Waals surface area contributed by atoms with E-state index in [1.807, 2.05) is 36.4 Å². The molecule has 3 rings (SSSR count). The van der Waals surface area contributed by atoms with Gasteiger partial charge in [-0.15, -0.1) is 11.3 Å². The fourth-order valence-electron chi connectivity index (χ4n) is 2.21. The number of fused-ring (bicyclic) bond motifs is 1. The number of rotatable bonds is 4. The summed E-state index contributed by atoms with van der Waals surface area (Å²) in [5, 5.41) is 1.13. The predicted molar refractivity (Wildman–Crippen MR) is 88.6 cm³/mol. The van der Waals surface area contributed by atoms with E-state index in [0.717, 1.165) is 25.9 Å². The highest BCUT2D eigenvalue weighted by Crippen LogP contribution is 2.36. The van der Waals surface area contributed by atoms with Crippen LogP contribution in [0.1, 0.15) is 21.7 Å². The van der Waals surface area contributed by atoms with E-state index >= 15 is 0 Å². The molecule has 0 amide bonds. The van der Waals surface area contributed by atoms with Gasteiger partial charge in [-0.2, -0.15) is 0 Å². The molecule has 0 N–H and O–H groups in total. The van der Waals surface area contributed by atoms with Crippen molar-refractivity contribution in [1.82, 2.24) is 0 Å². The molecule has 0 aliphatic heterocycles. The van der Waals surface area contributed by atoms with Crippen LogP contribution >= 0.6 is 27.3 Å². The number of ketones is 1. The van der Waals surface area contributed by atoms with Crippen molar-refractivity contribution in [3.05, 3.63) is 69.5 Å². The first-order valence-electron chi connectivity index (χ1n) is 6.50. The van der Waals surface area contributed by atoms with Crippen molar-refractivity contribution in [2.45, 2.75) is 12.8 Å². The third-order valence-electron chi connectivity index (χ3n) is 3.27. The Morgan fingerprint density at radius 1 is 1.00 bits per heavy atom. The van der Waals surface area contributed by atoms with Crippen molar-refractivity contribution in [3.8, 4) is 0 Å². The Morgan fingerprint density at radius 2 is 1.70 bits per heavy atom. The summed E-state index contributed by atoms with van der Waals surface area (Å²) in [7, 11) is 0. The molecule has 0 saturated heterocycles. The smallest absolute Gasteiger partial charge is 0.174 e. The summed E-state index contributed by atoms with van der Waals surface area (Å²) in [6.45, 7) is 0. The van der Waals surface area contributed by atoms with Gasteiger partial charge < -0.3 is 0 Å². The molecule has 0 aliphatic rings. The summed E-state index contributed by atoms with van der Waals surface area (Å²) < 4.78 is 2.10. The SMILES string of the molecule is O=C(CCc1ccccc1)c1sc2ccccc2c1Br. The van der Waals surface area contributed by atoms with Gasteiger partial charge in [-0.05, 0) is 34.0 Å². The van der Waals surface area contributed by atoms with Crippen LogP contribution < -0.4 is 0 Å². The van der Waals surface area contributed by atoms with Crippen LogP contribution in [0.3, 0.4) is 0 Å². The summed E-state index contributed by atoms with van der Waals surface area (Å²) in [5.41, 5.74) is 1.21. The minimum atomic E-state index is 0.210. The highest BCUT2D eigenvalue weighted by Gasteiger charge is 2.16. The third-order valence-corrected chi connectivity index (χ3v) is 5.57. The van der Waals surface area contributed by atoms with E-state index in [-0.39, 0.29) is 5.78 Å². The first-order chi connectivity index (χ1) is 9.75. The van der Waals surface area contributed by atoms with Crippen LogP contribution in [0.15, 0.2) is 59.1 Å². The largest absolute Gasteiger partial charge is 0.293 e. The number of carbonyl (C=O) groups is 1. The molecule has 0 atom stereocenters. The molecule has 0 fully saturated rings. The van der Waals surface area contributed by atoms with Gasteiger partial charge in [0.15, 0.2) is 5.78 Å². The fourth-order valence-corrected chi connectivity index (χ4v) is 4.21. The lowest BCUT2D eigenvalue weighted by Gasteiger charge is -2.00. The van der Waals surface area contributed by atoms with Gasteiger partial charge in [0.05, 0.1) is 4.88 Å². The van der Waals surface area contributed by atoms with Gasteiger partial charge in [-0.1, -0.05) is 48.5 Å². The van der Waals surface area contributed by atoms with Crippen LogP contribution in [0.2, 0.25) is 0 Å². The monoisotopic (exact) mass is 344 g/mol. The molecule has 0 spiro atoms. The van der Waals surface area contributed by atoms with Crippen molar-refractivity contribution in [2.75, 3.05) is 0 Å². The Balaban J connectivity index is 1.81. The number of benzene rings is 2. The normalized spacial score (nSPS) is 10.8. The highest BCUT2D eigenvalue weighted by atomic mass is 79.9. The van der Waals surface area contributed by atoms with E-state index in [2.05, 4.69) is 34.1 Å². The van der Waals surface area contributed by atoms with Gasteiger partial charge in [0.2, 0.25) is 0 Å². The van der Waals surface area contributed by atoms with E-state index in [1.165, 1.54) is 5.56 Å². The molecule has 2 aromatic carbocycles. The number of carbonyl (C=O) groups excluding carboxylic acids is 1. The number of hydrogen-bond acceptors (Lipinski definition) is 2. The van der Waals surface area contributed by atoms with Gasteiger partial charge in [0, 0.05) is 21.0 Å². The molecule has 20 heavy (non-hydrogen) atoms. The summed E-state index contributed by atoms with van der Waals surface area (Å²) in [5.74, 6) is 0.210. The van der Waals surface area contributed by atoms with Crippen LogP contribution in [0.25, 0.3) is 10.1 Å². The third kappa shape index (κ3) is 2.69. The van der Waals surface area contributed by atoms with E-state index in [1.54, 1.807) is 11.3 Å². The molecule has 0 unspecified atom stereocenters. The highest BCUT2D eigenvalue weighted by molar-refractivity contribution is 9.10. The Hall–Kier alpha value is -1.45. The first kappa shape index (κ1) is 13.5. The Labute approximate surface area is 130 Å². The molecule has 3 heteroatoms. The molecule has 0 bridgehead atoms. The quantitative estimate of drug-likeness (QED) is 0.572. The number of aryl methyl sites for hydroxylation is 1. The molecule has 100 valence electrons. The molecule has 0 radical (unpaired) electrons. The second kappa shape index (κ2) is 5.90. The Kier molecular flexibility index (Phi) is 3.99. The average Bonchev–Trinajstić information content (AvgIpc) is 2.84. The molecule has 1 nitrogen and oxygen atoms in total. The molecule has 0 saturated carbocycles. The van der Waals surface area contributed by atoms with Crippen LogP contribution in [0.5, 0.6) is 0 Å². The molecule has 3 aromatic rings. The lowest BCUT2D eigenvalue weighted by Crippen LogP contribution is -1.99. The van der Waals surface area contributed by atoms with Crippen LogP contribution in [0.4, 0.5) is 0 Å². The van der Waals surface area contributed by atoms with Gasteiger partial charge in [-0.25, -0.2) is 0 Å². The van der Waals surface area contributed by atoms with Gasteiger partial charge in [0.1, 0.15) is 0 Å². The maximum absolute atomic E-state index is 12.4. The van der Waals surface area contributed by atoms with Gasteiger partial charge in [-0.3, -0.25) is 4.79 Å². The summed E-state index contributed by atoms with van der Waals surface area (Å²) in [6, 6.07) is 18.2. The number of Topliss-reactive ketones (excluding diaryl/α,β-unsaturated/α-hetero) is 1. The summed E-state index contributed by atoms with van der Waals surface area (Å²) in [6.07, 6.45) is 1.34. The molecular weight excluding hydrogens is 332 g/mol. The molecule has 0 aliphatic carbocycles. The van der Waals surface area contributed by atoms with Crippen LogP contribution in [-0.4, -0.2) is 5.78 Å². The van der Waals surface area contributed by atoms with Gasteiger partial charge >= 0.3 is 0 Å². The fraction of sp³-hybridized carbons (Fsp3) is 0.118. The molecule has 1 aromatic heterocycles. The second-order valence-electron chi connectivity index (χ2n) is 4.65. The Bertz CT molecular complexity index is 746. The van der Waals surface area contributed by atoms with Crippen molar-refractivity contribution in [3.63, 3.8) is 0 Å². The maximum Gasteiger partial charge on any atom is 0.174 e. The summed E-state index contributed by atoms with van der Waals surface area (Å²) in [4.78, 5) is 13.2. The van der Waals surface area contributed by atoms with E-state index in [0.29, 0.717) is 6.42 Å². The molecule has 1 heterocycles. The standard InChI is InChI=1S/C17H13BrOS/c18-16-13-8-4-5-9-15(13)20-17(16)14(19)11-10-12-6-2-1-3-7-12/h1-9H,10-11H2. The molecular formula is C17H13BrOS. The zero-order chi connectivity index (χ0) is 13.9. The van der Waals surface area contributed by atoms with Crippen LogP contribution in [-0.2, 0) is 6.42 Å². The lowest BCUT2D eigenvalue weighted by molar-refractivity contribution is 0.0986. The second-order valence-corrected chi connectivity index (χ2v) is 6.50. The minimum Gasteiger partial charge on any atom is -0.293 e. The van der Waals surface area contributed by atoms with E-state index in [9.17, 15) is 4.79 Å². The topological polar surface area (TPSA) is 17.1 Å². The van der Waals surface area contributed by atoms with E-state index in [4.69, 9.17) is 0 Å². The maximum atomic E-state index is 12.4. The summed E-state index contributed by atoms with van der Waals surface area (Å²) >= 11 is 5.14. The van der Waals surface area contributed by atoms with Crippen molar-refractivity contribution in [1.29, 1.82) is 0 Å². The average molecular weight is 345 g/mol. The zero-order valence-corrected chi connectivity index (χ0v) is 13.2. The van der Waals surface area contributed by atoms with Crippen molar-refractivity contribution in [2.24, 2.45) is 0 Å². The first-order valence-corrected chi connectivity index (χ1v) is 8.11. The Morgan fingerprint density at radius 3 is 2.45 bits per heavy atom. The number of hydrogen-bond donors (Lipinski definition) is 0. The van der Waals surface area contributed by atoms with E-state index < -0.39 is 0 Å². The van der Waals surface area contributed by atoms with Crippen molar-refractivity contribution >= 4 is 43.1 Å². The van der Waals surface area contributed by atoms with Crippen molar-refractivity contribution < 1.29 is 4.79 Å². The number of halogens is 1. The van der Waals surface area contributed by atoms with Gasteiger partial charge in [0.25, 0.3) is 0 Å². The lowest BCUT2D eigenvalue weighted by atomic mass is 10.1. The minimum absolute atomic E-state index is 0.210. The van der Waals surface area contributed by atoms with Crippen LogP contribution in [0, 0.1) is 0 Å². The zero-order valence-electron chi connectivity index (χ0n) is 10.8.